The van der Waals surface area contributed by atoms with Crippen LogP contribution in [0.5, 0.6) is 0 Å². The summed E-state index contributed by atoms with van der Waals surface area (Å²) < 4.78 is 28.2. The van der Waals surface area contributed by atoms with Crippen LogP contribution in [0.2, 0.25) is 0 Å². The van der Waals surface area contributed by atoms with Gasteiger partial charge < -0.3 is 10.1 Å². The molecular formula is C24H22N2O5S. The fourth-order valence-electron chi connectivity index (χ4n) is 3.66. The van der Waals surface area contributed by atoms with Gasteiger partial charge in [0.2, 0.25) is 10.0 Å². The van der Waals surface area contributed by atoms with Crippen molar-refractivity contribution in [1.82, 2.24) is 5.32 Å². The minimum Gasteiger partial charge on any atom is -0.454 e. The SMILES string of the molecule is NS(=O)(=O)c1ccc(CCNC(=O)c2ccc3c(c2)CC(c2ccccc2)OC3=O)cc1. The number of primary sulfonamides is 1. The molecule has 1 unspecified atom stereocenters. The maximum absolute atomic E-state index is 12.6. The lowest BCUT2D eigenvalue weighted by Crippen LogP contribution is -2.27. The highest BCUT2D eigenvalue weighted by molar-refractivity contribution is 7.89. The van der Waals surface area contributed by atoms with E-state index in [0.29, 0.717) is 30.5 Å². The summed E-state index contributed by atoms with van der Waals surface area (Å²) in [4.78, 5) is 25.1. The summed E-state index contributed by atoms with van der Waals surface area (Å²) in [7, 11) is -3.73. The van der Waals surface area contributed by atoms with Crippen LogP contribution in [0.15, 0.2) is 77.7 Å². The van der Waals surface area contributed by atoms with Crippen molar-refractivity contribution < 1.29 is 22.7 Å². The number of sulfonamides is 1. The number of fused-ring (bicyclic) bond motifs is 1. The van der Waals surface area contributed by atoms with Crippen molar-refractivity contribution in [3.63, 3.8) is 0 Å². The van der Waals surface area contributed by atoms with Crippen LogP contribution in [-0.2, 0) is 27.6 Å². The Labute approximate surface area is 186 Å². The van der Waals surface area contributed by atoms with E-state index >= 15 is 0 Å². The van der Waals surface area contributed by atoms with Crippen molar-refractivity contribution in [1.29, 1.82) is 0 Å². The van der Waals surface area contributed by atoms with Crippen LogP contribution in [0.4, 0.5) is 0 Å². The monoisotopic (exact) mass is 450 g/mol. The molecule has 8 heteroatoms. The number of carbonyl (C=O) groups excluding carboxylic acids is 2. The quantitative estimate of drug-likeness (QED) is 0.560. The largest absolute Gasteiger partial charge is 0.454 e. The van der Waals surface area contributed by atoms with Gasteiger partial charge in [-0.1, -0.05) is 42.5 Å². The molecule has 1 aliphatic rings. The first-order valence-corrected chi connectivity index (χ1v) is 11.6. The maximum atomic E-state index is 12.6. The zero-order valence-electron chi connectivity index (χ0n) is 17.2. The molecule has 0 fully saturated rings. The Balaban J connectivity index is 1.40. The smallest absolute Gasteiger partial charge is 0.339 e. The number of amides is 1. The number of hydrogen-bond donors (Lipinski definition) is 2. The predicted octanol–water partition coefficient (Wildman–Crippen LogP) is 2.76. The van der Waals surface area contributed by atoms with Crippen LogP contribution in [-0.4, -0.2) is 26.8 Å². The summed E-state index contributed by atoms with van der Waals surface area (Å²) in [5.74, 6) is -0.640. The Hall–Kier alpha value is -3.49. The van der Waals surface area contributed by atoms with Gasteiger partial charge in [-0.2, -0.15) is 0 Å². The van der Waals surface area contributed by atoms with E-state index in [1.807, 2.05) is 30.3 Å². The Kier molecular flexibility index (Phi) is 6.07. The zero-order valence-corrected chi connectivity index (χ0v) is 18.0. The highest BCUT2D eigenvalue weighted by atomic mass is 32.2. The molecule has 1 amide bonds. The number of carbonyl (C=O) groups is 2. The Morgan fingerprint density at radius 2 is 1.75 bits per heavy atom. The van der Waals surface area contributed by atoms with E-state index in [0.717, 1.165) is 16.7 Å². The van der Waals surface area contributed by atoms with Gasteiger partial charge in [0.15, 0.2) is 0 Å². The van der Waals surface area contributed by atoms with E-state index in [1.54, 1.807) is 30.3 Å². The molecule has 0 saturated carbocycles. The molecule has 0 aromatic heterocycles. The fourth-order valence-corrected chi connectivity index (χ4v) is 4.17. The van der Waals surface area contributed by atoms with Crippen LogP contribution in [0, 0.1) is 0 Å². The van der Waals surface area contributed by atoms with E-state index in [9.17, 15) is 18.0 Å². The molecule has 1 heterocycles. The van der Waals surface area contributed by atoms with Crippen LogP contribution < -0.4 is 10.5 Å². The highest BCUT2D eigenvalue weighted by Crippen LogP contribution is 2.31. The van der Waals surface area contributed by atoms with Gasteiger partial charge in [0, 0.05) is 18.5 Å². The fraction of sp³-hybridized carbons (Fsp3) is 0.167. The predicted molar refractivity (Wildman–Crippen MR) is 119 cm³/mol. The molecule has 0 aliphatic carbocycles. The molecule has 0 radical (unpaired) electrons. The van der Waals surface area contributed by atoms with Gasteiger partial charge in [0.1, 0.15) is 6.10 Å². The molecular weight excluding hydrogens is 428 g/mol. The summed E-state index contributed by atoms with van der Waals surface area (Å²) >= 11 is 0. The van der Waals surface area contributed by atoms with Crippen LogP contribution in [0.1, 0.15) is 43.5 Å². The molecule has 164 valence electrons. The van der Waals surface area contributed by atoms with E-state index in [1.165, 1.54) is 12.1 Å². The molecule has 0 saturated heterocycles. The van der Waals surface area contributed by atoms with Crippen LogP contribution in [0.25, 0.3) is 0 Å². The molecule has 3 aromatic rings. The summed E-state index contributed by atoms with van der Waals surface area (Å²) in [5, 5.41) is 7.95. The minimum absolute atomic E-state index is 0.0479. The summed E-state index contributed by atoms with van der Waals surface area (Å²) in [6.07, 6.45) is 0.655. The van der Waals surface area contributed by atoms with Crippen molar-refractivity contribution >= 4 is 21.9 Å². The molecule has 3 N–H and O–H groups in total. The Morgan fingerprint density at radius 1 is 1.03 bits per heavy atom. The first-order valence-electron chi connectivity index (χ1n) is 10.1. The van der Waals surface area contributed by atoms with E-state index in [4.69, 9.17) is 9.88 Å². The van der Waals surface area contributed by atoms with Crippen molar-refractivity contribution in [3.8, 4) is 0 Å². The minimum atomic E-state index is -3.73. The van der Waals surface area contributed by atoms with Gasteiger partial charge in [-0.3, -0.25) is 4.79 Å². The molecule has 1 atom stereocenters. The maximum Gasteiger partial charge on any atom is 0.339 e. The number of nitrogens with two attached hydrogens (primary N) is 1. The van der Waals surface area contributed by atoms with E-state index < -0.39 is 16.0 Å². The zero-order chi connectivity index (χ0) is 22.7. The highest BCUT2D eigenvalue weighted by Gasteiger charge is 2.28. The number of rotatable bonds is 6. The van der Waals surface area contributed by atoms with Crippen molar-refractivity contribution in [2.45, 2.75) is 23.8 Å². The van der Waals surface area contributed by atoms with Crippen LogP contribution >= 0.6 is 0 Å². The lowest BCUT2D eigenvalue weighted by atomic mass is 9.93. The number of hydrogen-bond acceptors (Lipinski definition) is 5. The van der Waals surface area contributed by atoms with Crippen molar-refractivity contribution in [2.75, 3.05) is 6.54 Å². The average Bonchev–Trinajstić information content (AvgIpc) is 2.79. The molecule has 0 bridgehead atoms. The van der Waals surface area contributed by atoms with Crippen molar-refractivity contribution in [2.24, 2.45) is 5.14 Å². The van der Waals surface area contributed by atoms with Gasteiger partial charge in [-0.15, -0.1) is 0 Å². The third kappa shape index (κ3) is 4.87. The normalized spacial score (nSPS) is 15.5. The first-order chi connectivity index (χ1) is 15.3. The topological polar surface area (TPSA) is 116 Å². The van der Waals surface area contributed by atoms with Gasteiger partial charge in [0.05, 0.1) is 10.5 Å². The first kappa shape index (κ1) is 21.7. The molecule has 32 heavy (non-hydrogen) atoms. The van der Waals surface area contributed by atoms with Gasteiger partial charge in [0.25, 0.3) is 5.91 Å². The number of cyclic esters (lactones) is 1. The standard InChI is InChI=1S/C24H22N2O5S/c25-32(29,30)20-9-6-16(7-10-20)12-13-26-23(27)18-8-11-21-19(14-18)15-22(31-24(21)28)17-4-2-1-3-5-17/h1-11,14,22H,12-13,15H2,(H,26,27)(H2,25,29,30). The van der Waals surface area contributed by atoms with Gasteiger partial charge in [-0.05, 0) is 53.4 Å². The lowest BCUT2D eigenvalue weighted by molar-refractivity contribution is 0.0252. The summed E-state index contributed by atoms with van der Waals surface area (Å²) in [5.41, 5.74) is 3.51. The Bertz CT molecular complexity index is 1260. The third-order valence-electron chi connectivity index (χ3n) is 5.36. The second-order valence-corrected chi connectivity index (χ2v) is 9.14. The molecule has 0 spiro atoms. The van der Waals surface area contributed by atoms with E-state index in [2.05, 4.69) is 5.32 Å². The summed E-state index contributed by atoms with van der Waals surface area (Å²) in [6.45, 7) is 0.374. The van der Waals surface area contributed by atoms with Gasteiger partial charge >= 0.3 is 5.97 Å². The number of nitrogens with one attached hydrogen (secondary N) is 1. The molecule has 4 rings (SSSR count). The molecule has 7 nitrogen and oxygen atoms in total. The second-order valence-electron chi connectivity index (χ2n) is 7.58. The van der Waals surface area contributed by atoms with Crippen LogP contribution in [0.3, 0.4) is 0 Å². The van der Waals surface area contributed by atoms with E-state index in [-0.39, 0.29) is 16.9 Å². The third-order valence-corrected chi connectivity index (χ3v) is 6.29. The second kappa shape index (κ2) is 8.94. The van der Waals surface area contributed by atoms with Gasteiger partial charge in [-0.25, -0.2) is 18.4 Å². The number of benzene rings is 3. The lowest BCUT2D eigenvalue weighted by Gasteiger charge is -2.25. The summed E-state index contributed by atoms with van der Waals surface area (Å²) in [6, 6.07) is 20.7. The number of esters is 1. The number of ether oxygens (including phenoxy) is 1. The molecule has 1 aliphatic heterocycles. The van der Waals surface area contributed by atoms with Crippen molar-refractivity contribution in [3.05, 3.63) is 101 Å². The Morgan fingerprint density at radius 3 is 2.44 bits per heavy atom. The average molecular weight is 451 g/mol. The molecule has 3 aromatic carbocycles.